The molecule has 6 heteroatoms. The average Bonchev–Trinajstić information content (AvgIpc) is 2.92. The number of pyridine rings is 1. The first-order chi connectivity index (χ1) is 12.6. The fourth-order valence-corrected chi connectivity index (χ4v) is 4.09. The molecule has 26 heavy (non-hydrogen) atoms. The first-order valence-corrected chi connectivity index (χ1v) is 9.42. The van der Waals surface area contributed by atoms with Crippen molar-refractivity contribution in [3.05, 3.63) is 70.2 Å². The fraction of sp³-hybridized carbons (Fsp3) is 0.300. The van der Waals surface area contributed by atoms with E-state index in [-0.39, 0.29) is 24.8 Å². The standard InChI is InChI=1S/C20H18BrFN2O2/c21-15-10-18(19(22)23-11-15)14-8-16-6-7-17(9-14)24(16)20(25)26-12-13-4-2-1-3-5-13/h1-5,8,10-11,16-17H,6-7,9,12H2. The lowest BCUT2D eigenvalue weighted by molar-refractivity contribution is 0.0832. The second-order valence-corrected chi connectivity index (χ2v) is 7.55. The molecule has 0 radical (unpaired) electrons. The second-order valence-electron chi connectivity index (χ2n) is 6.63. The van der Waals surface area contributed by atoms with E-state index in [0.717, 1.165) is 28.5 Å². The van der Waals surface area contributed by atoms with Crippen molar-refractivity contribution in [1.82, 2.24) is 9.88 Å². The summed E-state index contributed by atoms with van der Waals surface area (Å²) in [7, 11) is 0. The van der Waals surface area contributed by atoms with Gasteiger partial charge in [-0.25, -0.2) is 9.78 Å². The molecule has 0 spiro atoms. The van der Waals surface area contributed by atoms with Gasteiger partial charge in [-0.2, -0.15) is 4.39 Å². The van der Waals surface area contributed by atoms with E-state index < -0.39 is 5.95 Å². The Balaban J connectivity index is 1.50. The molecular weight excluding hydrogens is 399 g/mol. The minimum Gasteiger partial charge on any atom is -0.445 e. The summed E-state index contributed by atoms with van der Waals surface area (Å²) in [4.78, 5) is 18.2. The molecule has 1 aromatic heterocycles. The lowest BCUT2D eigenvalue weighted by Crippen LogP contribution is -2.43. The maximum atomic E-state index is 14.1. The Labute approximate surface area is 159 Å². The van der Waals surface area contributed by atoms with Crippen molar-refractivity contribution in [3.8, 4) is 0 Å². The summed E-state index contributed by atoms with van der Waals surface area (Å²) in [5, 5.41) is 0. The predicted octanol–water partition coefficient (Wildman–Crippen LogP) is 4.94. The van der Waals surface area contributed by atoms with Crippen LogP contribution in [0.5, 0.6) is 0 Å². The third-order valence-electron chi connectivity index (χ3n) is 4.96. The molecule has 0 aliphatic carbocycles. The summed E-state index contributed by atoms with van der Waals surface area (Å²) in [5.41, 5.74) is 2.38. The van der Waals surface area contributed by atoms with Gasteiger partial charge < -0.3 is 4.74 Å². The molecule has 2 atom stereocenters. The Bertz CT molecular complexity index is 856. The zero-order valence-corrected chi connectivity index (χ0v) is 15.7. The molecule has 2 bridgehead atoms. The van der Waals surface area contributed by atoms with Gasteiger partial charge in [0.2, 0.25) is 5.95 Å². The zero-order valence-electron chi connectivity index (χ0n) is 14.1. The molecule has 2 aromatic rings. The summed E-state index contributed by atoms with van der Waals surface area (Å²) in [6.45, 7) is 0.260. The quantitative estimate of drug-likeness (QED) is 0.665. The Hall–Kier alpha value is -2.21. The highest BCUT2D eigenvalue weighted by Crippen LogP contribution is 2.39. The van der Waals surface area contributed by atoms with E-state index >= 15 is 0 Å². The highest BCUT2D eigenvalue weighted by molar-refractivity contribution is 9.10. The molecule has 1 aromatic carbocycles. The number of rotatable bonds is 3. The van der Waals surface area contributed by atoms with Crippen LogP contribution in [0.1, 0.15) is 30.4 Å². The SMILES string of the molecule is O=C(OCc1ccccc1)N1C2C=C(c3cc(Br)cnc3F)CC1CC2. The van der Waals surface area contributed by atoms with Crippen LogP contribution in [0.3, 0.4) is 0 Å². The van der Waals surface area contributed by atoms with Crippen LogP contribution < -0.4 is 0 Å². The van der Waals surface area contributed by atoms with Crippen molar-refractivity contribution in [1.29, 1.82) is 0 Å². The number of benzene rings is 1. The highest BCUT2D eigenvalue weighted by Gasteiger charge is 2.41. The number of carbonyl (C=O) groups is 1. The number of aromatic nitrogens is 1. The van der Waals surface area contributed by atoms with E-state index in [4.69, 9.17) is 4.74 Å². The smallest absolute Gasteiger partial charge is 0.410 e. The summed E-state index contributed by atoms with van der Waals surface area (Å²) in [5.74, 6) is -0.473. The zero-order chi connectivity index (χ0) is 18.1. The number of ether oxygens (including phenoxy) is 1. The molecule has 2 aliphatic rings. The summed E-state index contributed by atoms with van der Waals surface area (Å²) >= 11 is 3.35. The van der Waals surface area contributed by atoms with Gasteiger partial charge in [-0.1, -0.05) is 36.4 Å². The van der Waals surface area contributed by atoms with Crippen LogP contribution in [0.15, 0.2) is 53.1 Å². The molecule has 1 amide bonds. The molecular formula is C20H18BrFN2O2. The number of carbonyl (C=O) groups excluding carboxylic acids is 1. The van der Waals surface area contributed by atoms with Crippen LogP contribution in [0.25, 0.3) is 5.57 Å². The maximum Gasteiger partial charge on any atom is 0.410 e. The third-order valence-corrected chi connectivity index (χ3v) is 5.40. The molecule has 0 saturated carbocycles. The van der Waals surface area contributed by atoms with Crippen LogP contribution in [-0.4, -0.2) is 28.1 Å². The van der Waals surface area contributed by atoms with E-state index in [1.165, 1.54) is 6.20 Å². The minimum atomic E-state index is -0.473. The fourth-order valence-electron chi connectivity index (χ4n) is 3.76. The molecule has 0 N–H and O–H groups in total. The Kier molecular flexibility index (Phi) is 4.76. The number of fused-ring (bicyclic) bond motifs is 2. The molecule has 4 rings (SSSR count). The summed E-state index contributed by atoms with van der Waals surface area (Å²) < 4.78 is 20.4. The number of hydrogen-bond acceptors (Lipinski definition) is 3. The van der Waals surface area contributed by atoms with Crippen molar-refractivity contribution in [2.75, 3.05) is 0 Å². The normalized spacial score (nSPS) is 21.5. The van der Waals surface area contributed by atoms with Gasteiger partial charge in [-0.3, -0.25) is 4.90 Å². The van der Waals surface area contributed by atoms with E-state index in [1.807, 2.05) is 36.4 Å². The molecule has 1 saturated heterocycles. The number of halogens is 2. The van der Waals surface area contributed by atoms with Gasteiger partial charge in [0.05, 0.1) is 6.04 Å². The van der Waals surface area contributed by atoms with Crippen LogP contribution in [0, 0.1) is 5.95 Å². The summed E-state index contributed by atoms with van der Waals surface area (Å²) in [6.07, 6.45) is 5.52. The monoisotopic (exact) mass is 416 g/mol. The van der Waals surface area contributed by atoms with Gasteiger partial charge in [0.15, 0.2) is 0 Å². The van der Waals surface area contributed by atoms with Gasteiger partial charge in [-0.15, -0.1) is 0 Å². The van der Waals surface area contributed by atoms with Crippen LogP contribution in [0.4, 0.5) is 9.18 Å². The highest BCUT2D eigenvalue weighted by atomic mass is 79.9. The number of amides is 1. The van der Waals surface area contributed by atoms with Gasteiger partial charge in [0.25, 0.3) is 0 Å². The Morgan fingerprint density at radius 2 is 2.12 bits per heavy atom. The van der Waals surface area contributed by atoms with E-state index in [1.54, 1.807) is 11.0 Å². The van der Waals surface area contributed by atoms with Gasteiger partial charge in [0, 0.05) is 22.3 Å². The number of nitrogens with zero attached hydrogens (tertiary/aromatic N) is 2. The van der Waals surface area contributed by atoms with Crippen molar-refractivity contribution >= 4 is 27.6 Å². The molecule has 3 heterocycles. The van der Waals surface area contributed by atoms with Crippen molar-refractivity contribution in [2.24, 2.45) is 0 Å². The van der Waals surface area contributed by atoms with Gasteiger partial charge >= 0.3 is 6.09 Å². The molecule has 1 fully saturated rings. The summed E-state index contributed by atoms with van der Waals surface area (Å²) in [6, 6.07) is 11.4. The van der Waals surface area contributed by atoms with Gasteiger partial charge in [0.1, 0.15) is 6.61 Å². The minimum absolute atomic E-state index is 0.0432. The van der Waals surface area contributed by atoms with Crippen LogP contribution in [0.2, 0.25) is 0 Å². The van der Waals surface area contributed by atoms with Gasteiger partial charge in [-0.05, 0) is 52.4 Å². The first kappa shape index (κ1) is 17.2. The first-order valence-electron chi connectivity index (χ1n) is 8.63. The van der Waals surface area contributed by atoms with E-state index in [0.29, 0.717) is 12.0 Å². The predicted molar refractivity (Wildman–Crippen MR) is 99.8 cm³/mol. The van der Waals surface area contributed by atoms with Crippen LogP contribution >= 0.6 is 15.9 Å². The van der Waals surface area contributed by atoms with Crippen molar-refractivity contribution in [3.63, 3.8) is 0 Å². The Morgan fingerprint density at radius 3 is 2.88 bits per heavy atom. The second kappa shape index (κ2) is 7.19. The van der Waals surface area contributed by atoms with E-state index in [9.17, 15) is 9.18 Å². The number of hydrogen-bond donors (Lipinski definition) is 0. The third kappa shape index (κ3) is 3.38. The Morgan fingerprint density at radius 1 is 1.31 bits per heavy atom. The maximum absolute atomic E-state index is 14.1. The molecule has 2 aliphatic heterocycles. The molecule has 4 nitrogen and oxygen atoms in total. The van der Waals surface area contributed by atoms with Crippen molar-refractivity contribution < 1.29 is 13.9 Å². The molecule has 2 unspecified atom stereocenters. The largest absolute Gasteiger partial charge is 0.445 e. The lowest BCUT2D eigenvalue weighted by Gasteiger charge is -2.33. The average molecular weight is 417 g/mol. The lowest BCUT2D eigenvalue weighted by atomic mass is 9.96. The van der Waals surface area contributed by atoms with Crippen LogP contribution in [-0.2, 0) is 11.3 Å². The van der Waals surface area contributed by atoms with Crippen molar-refractivity contribution in [2.45, 2.75) is 38.0 Å². The topological polar surface area (TPSA) is 42.4 Å². The van der Waals surface area contributed by atoms with E-state index in [2.05, 4.69) is 20.9 Å². The molecule has 134 valence electrons.